The molecule has 0 N–H and O–H groups in total. The first kappa shape index (κ1) is 15.2. The Morgan fingerprint density at radius 1 is 1.30 bits per heavy atom. The smallest absolute Gasteiger partial charge is 0.227 e. The highest BCUT2D eigenvalue weighted by Crippen LogP contribution is 2.37. The van der Waals surface area contributed by atoms with Gasteiger partial charge in [-0.2, -0.15) is 0 Å². The summed E-state index contributed by atoms with van der Waals surface area (Å²) in [6.45, 7) is 5.62. The van der Waals surface area contributed by atoms with Crippen molar-refractivity contribution < 1.29 is 4.79 Å². The van der Waals surface area contributed by atoms with Gasteiger partial charge in [0.25, 0.3) is 0 Å². The molecule has 2 aliphatic heterocycles. The van der Waals surface area contributed by atoms with Crippen LogP contribution in [0.1, 0.15) is 24.8 Å². The van der Waals surface area contributed by atoms with Gasteiger partial charge in [-0.3, -0.25) is 4.79 Å². The second-order valence-corrected chi connectivity index (χ2v) is 7.89. The number of fused-ring (bicyclic) bond motifs is 1. The number of halogens is 1. The van der Waals surface area contributed by atoms with E-state index >= 15 is 0 Å². The van der Waals surface area contributed by atoms with Gasteiger partial charge >= 0.3 is 0 Å². The molecular weight excluding hydrogens is 330 g/mol. The van der Waals surface area contributed by atoms with E-state index in [1.54, 1.807) is 11.3 Å². The molecule has 2 aromatic rings. The summed E-state index contributed by atoms with van der Waals surface area (Å²) in [7, 11) is 0. The number of anilines is 1. The maximum atomic E-state index is 12.6. The van der Waals surface area contributed by atoms with Crippen molar-refractivity contribution in [2.24, 2.45) is 5.92 Å². The van der Waals surface area contributed by atoms with E-state index in [4.69, 9.17) is 16.6 Å². The van der Waals surface area contributed by atoms with Crippen LogP contribution in [0.4, 0.5) is 5.13 Å². The van der Waals surface area contributed by atoms with E-state index in [1.807, 2.05) is 17.0 Å². The minimum atomic E-state index is 0.122. The zero-order chi connectivity index (χ0) is 16.0. The predicted octanol–water partition coefficient (Wildman–Crippen LogP) is 3.71. The van der Waals surface area contributed by atoms with Gasteiger partial charge in [-0.25, -0.2) is 4.98 Å². The van der Waals surface area contributed by atoms with Gasteiger partial charge in [-0.1, -0.05) is 29.0 Å². The van der Waals surface area contributed by atoms with Crippen LogP contribution in [0.15, 0.2) is 12.1 Å². The van der Waals surface area contributed by atoms with Crippen LogP contribution in [0.25, 0.3) is 10.2 Å². The molecule has 3 heterocycles. The lowest BCUT2D eigenvalue weighted by molar-refractivity contribution is -0.133. The number of benzene rings is 1. The summed E-state index contributed by atoms with van der Waals surface area (Å²) in [5, 5.41) is 1.76. The van der Waals surface area contributed by atoms with Crippen LogP contribution in [0.5, 0.6) is 0 Å². The molecule has 0 radical (unpaired) electrons. The molecule has 0 spiro atoms. The summed E-state index contributed by atoms with van der Waals surface area (Å²) in [4.78, 5) is 21.6. The van der Waals surface area contributed by atoms with Gasteiger partial charge in [0.05, 0.1) is 21.2 Å². The largest absolute Gasteiger partial charge is 0.347 e. The van der Waals surface area contributed by atoms with Crippen molar-refractivity contribution in [3.05, 3.63) is 22.7 Å². The molecule has 2 saturated heterocycles. The Hall–Kier alpha value is -1.33. The zero-order valence-corrected chi connectivity index (χ0v) is 14.8. The van der Waals surface area contributed by atoms with E-state index in [-0.39, 0.29) is 5.92 Å². The quantitative estimate of drug-likeness (QED) is 0.829. The minimum Gasteiger partial charge on any atom is -0.347 e. The Kier molecular flexibility index (Phi) is 3.93. The second-order valence-electron chi connectivity index (χ2n) is 6.50. The van der Waals surface area contributed by atoms with Gasteiger partial charge in [0.15, 0.2) is 5.13 Å². The Morgan fingerprint density at radius 3 is 2.83 bits per heavy atom. The van der Waals surface area contributed by atoms with Gasteiger partial charge in [0.2, 0.25) is 5.91 Å². The number of carbonyl (C=O) groups excluding carboxylic acids is 1. The topological polar surface area (TPSA) is 36.4 Å². The van der Waals surface area contributed by atoms with E-state index in [1.165, 1.54) is 0 Å². The van der Waals surface area contributed by atoms with Gasteiger partial charge in [0, 0.05) is 26.2 Å². The number of aromatic nitrogens is 1. The molecule has 0 saturated carbocycles. The third-order valence-electron chi connectivity index (χ3n) is 4.91. The molecule has 1 atom stereocenters. The highest BCUT2D eigenvalue weighted by atomic mass is 35.5. The third kappa shape index (κ3) is 2.70. The van der Waals surface area contributed by atoms with Crippen molar-refractivity contribution >= 4 is 44.2 Å². The predicted molar refractivity (Wildman–Crippen MR) is 95.5 cm³/mol. The van der Waals surface area contributed by atoms with E-state index in [9.17, 15) is 4.79 Å². The summed E-state index contributed by atoms with van der Waals surface area (Å²) in [5.74, 6) is 0.456. The number of likely N-dealkylation sites (tertiary alicyclic amines) is 1. The number of rotatable bonds is 2. The lowest BCUT2D eigenvalue weighted by Crippen LogP contribution is -2.35. The second kappa shape index (κ2) is 5.95. The van der Waals surface area contributed by atoms with Gasteiger partial charge in [-0.15, -0.1) is 0 Å². The molecular formula is C17H20ClN3OS. The molecule has 0 aliphatic carbocycles. The number of hydrogen-bond donors (Lipinski definition) is 0. The first-order valence-corrected chi connectivity index (χ1v) is 9.42. The van der Waals surface area contributed by atoms with Crippen LogP contribution in [-0.4, -0.2) is 42.0 Å². The first-order chi connectivity index (χ1) is 11.1. The monoisotopic (exact) mass is 349 g/mol. The summed E-state index contributed by atoms with van der Waals surface area (Å²) >= 11 is 7.94. The third-order valence-corrected chi connectivity index (χ3v) is 6.49. The van der Waals surface area contributed by atoms with Gasteiger partial charge in [0.1, 0.15) is 0 Å². The molecule has 2 aliphatic rings. The van der Waals surface area contributed by atoms with Gasteiger partial charge in [-0.05, 0) is 37.8 Å². The molecule has 1 aromatic carbocycles. The molecule has 122 valence electrons. The van der Waals surface area contributed by atoms with E-state index in [2.05, 4.69) is 11.8 Å². The highest BCUT2D eigenvalue weighted by molar-refractivity contribution is 7.22. The number of aryl methyl sites for hydroxylation is 1. The molecule has 6 heteroatoms. The standard InChI is InChI=1S/C17H20ClN3OS/c1-11-4-5-13(18)15-14(11)19-17(23-15)21-9-6-12(10-21)16(22)20-7-2-3-8-20/h4-5,12H,2-3,6-10H2,1H3. The maximum Gasteiger partial charge on any atom is 0.227 e. The fraction of sp³-hybridized carbons (Fsp3) is 0.529. The van der Waals surface area contributed by atoms with Gasteiger partial charge < -0.3 is 9.80 Å². The highest BCUT2D eigenvalue weighted by Gasteiger charge is 2.33. The SMILES string of the molecule is Cc1ccc(Cl)c2sc(N3CCC(C(=O)N4CCCC4)C3)nc12. The molecule has 0 bridgehead atoms. The lowest BCUT2D eigenvalue weighted by Gasteiger charge is -2.20. The molecule has 4 nitrogen and oxygen atoms in total. The van der Waals surface area contributed by atoms with E-state index < -0.39 is 0 Å². The first-order valence-electron chi connectivity index (χ1n) is 8.23. The number of hydrogen-bond acceptors (Lipinski definition) is 4. The molecule has 23 heavy (non-hydrogen) atoms. The van der Waals surface area contributed by atoms with Crippen molar-refractivity contribution in [2.45, 2.75) is 26.2 Å². The fourth-order valence-electron chi connectivity index (χ4n) is 3.56. The molecule has 1 unspecified atom stereocenters. The number of amides is 1. The summed E-state index contributed by atoms with van der Waals surface area (Å²) in [5.41, 5.74) is 2.14. The van der Waals surface area contributed by atoms with Crippen LogP contribution in [0, 0.1) is 12.8 Å². The van der Waals surface area contributed by atoms with Crippen molar-refractivity contribution in [1.29, 1.82) is 0 Å². The van der Waals surface area contributed by atoms with Crippen molar-refractivity contribution in [2.75, 3.05) is 31.1 Å². The average molecular weight is 350 g/mol. The molecule has 1 amide bonds. The number of carbonyl (C=O) groups is 1. The van der Waals surface area contributed by atoms with Crippen LogP contribution in [0.3, 0.4) is 0 Å². The van der Waals surface area contributed by atoms with Crippen molar-refractivity contribution in [1.82, 2.24) is 9.88 Å². The Balaban J connectivity index is 1.54. The number of thiazole rings is 1. The van der Waals surface area contributed by atoms with Crippen molar-refractivity contribution in [3.63, 3.8) is 0 Å². The van der Waals surface area contributed by atoms with Crippen LogP contribution >= 0.6 is 22.9 Å². The van der Waals surface area contributed by atoms with Crippen LogP contribution < -0.4 is 4.90 Å². The lowest BCUT2D eigenvalue weighted by atomic mass is 10.1. The zero-order valence-electron chi connectivity index (χ0n) is 13.2. The summed E-state index contributed by atoms with van der Waals surface area (Å²) in [6.07, 6.45) is 3.23. The molecule has 4 rings (SSSR count). The minimum absolute atomic E-state index is 0.122. The molecule has 2 fully saturated rings. The maximum absolute atomic E-state index is 12.6. The molecule has 1 aromatic heterocycles. The van der Waals surface area contributed by atoms with E-state index in [0.717, 1.165) is 71.4 Å². The average Bonchev–Trinajstić information content (AvgIpc) is 3.30. The van der Waals surface area contributed by atoms with Crippen LogP contribution in [-0.2, 0) is 4.79 Å². The number of nitrogens with zero attached hydrogens (tertiary/aromatic N) is 3. The Morgan fingerprint density at radius 2 is 2.09 bits per heavy atom. The fourth-order valence-corrected chi connectivity index (χ4v) is 4.91. The van der Waals surface area contributed by atoms with Crippen LogP contribution in [0.2, 0.25) is 5.02 Å². The summed E-state index contributed by atoms with van der Waals surface area (Å²) < 4.78 is 1.05. The normalized spacial score (nSPS) is 21.6. The van der Waals surface area contributed by atoms with Crippen molar-refractivity contribution in [3.8, 4) is 0 Å². The Labute approximate surface area is 145 Å². The van der Waals surface area contributed by atoms with E-state index in [0.29, 0.717) is 5.91 Å². The Bertz CT molecular complexity index is 715. The summed E-state index contributed by atoms with van der Waals surface area (Å²) in [6, 6.07) is 3.95.